The molecule has 1 heterocycles. The van der Waals surface area contributed by atoms with Crippen molar-refractivity contribution >= 4 is 10.0 Å². The van der Waals surface area contributed by atoms with Gasteiger partial charge in [0.1, 0.15) is 16.5 Å². The van der Waals surface area contributed by atoms with Gasteiger partial charge in [-0.05, 0) is 25.1 Å². The summed E-state index contributed by atoms with van der Waals surface area (Å²) in [5, 5.41) is 0. The Morgan fingerprint density at radius 1 is 1.14 bits per heavy atom. The molecule has 0 atom stereocenters. The van der Waals surface area contributed by atoms with Gasteiger partial charge in [-0.3, -0.25) is 0 Å². The maximum atomic E-state index is 13.7. The molecule has 1 aromatic rings. The molecule has 0 amide bonds. The summed E-state index contributed by atoms with van der Waals surface area (Å²) in [5.74, 6) is -1.85. The Bertz CT molecular complexity index is 595. The fourth-order valence-corrected chi connectivity index (χ4v) is 3.93. The van der Waals surface area contributed by atoms with Crippen molar-refractivity contribution in [3.63, 3.8) is 0 Å². The summed E-state index contributed by atoms with van der Waals surface area (Å²) in [4.78, 5) is 1.60. The van der Waals surface area contributed by atoms with E-state index in [0.29, 0.717) is 38.7 Å². The van der Waals surface area contributed by atoms with Gasteiger partial charge in [-0.25, -0.2) is 17.2 Å². The monoisotopic (exact) mass is 319 g/mol. The maximum absolute atomic E-state index is 13.7. The van der Waals surface area contributed by atoms with Gasteiger partial charge in [0, 0.05) is 38.8 Å². The van der Waals surface area contributed by atoms with E-state index in [4.69, 9.17) is 5.73 Å². The summed E-state index contributed by atoms with van der Waals surface area (Å²) in [6.45, 7) is 3.13. The molecule has 1 aliphatic rings. The molecule has 1 fully saturated rings. The van der Waals surface area contributed by atoms with Crippen LogP contribution in [0.4, 0.5) is 8.78 Å². The van der Waals surface area contributed by atoms with Crippen molar-refractivity contribution in [1.82, 2.24) is 9.21 Å². The Labute approximate surface area is 123 Å². The topological polar surface area (TPSA) is 66.6 Å². The number of rotatable bonds is 4. The number of nitrogens with two attached hydrogens (primary N) is 1. The second kappa shape index (κ2) is 6.78. The molecule has 0 unspecified atom stereocenters. The van der Waals surface area contributed by atoms with Crippen molar-refractivity contribution in [3.05, 3.63) is 29.8 Å². The van der Waals surface area contributed by atoms with E-state index in [9.17, 15) is 17.2 Å². The highest BCUT2D eigenvalue weighted by Crippen LogP contribution is 2.21. The van der Waals surface area contributed by atoms with Gasteiger partial charge in [0.05, 0.1) is 0 Å². The molecule has 1 aliphatic heterocycles. The van der Waals surface area contributed by atoms with E-state index < -0.39 is 26.6 Å². The van der Waals surface area contributed by atoms with Crippen LogP contribution in [0.25, 0.3) is 0 Å². The van der Waals surface area contributed by atoms with Crippen LogP contribution in [0.3, 0.4) is 0 Å². The van der Waals surface area contributed by atoms with E-state index >= 15 is 0 Å². The predicted molar refractivity (Wildman–Crippen MR) is 75.2 cm³/mol. The highest BCUT2D eigenvalue weighted by molar-refractivity contribution is 7.89. The zero-order valence-corrected chi connectivity index (χ0v) is 12.5. The van der Waals surface area contributed by atoms with Crippen molar-refractivity contribution in [2.45, 2.75) is 11.3 Å². The van der Waals surface area contributed by atoms with E-state index in [1.807, 2.05) is 0 Å². The van der Waals surface area contributed by atoms with Gasteiger partial charge in [-0.2, -0.15) is 4.31 Å². The molecule has 1 aromatic carbocycles. The Hall–Kier alpha value is -1.09. The van der Waals surface area contributed by atoms with Crippen molar-refractivity contribution in [1.29, 1.82) is 0 Å². The van der Waals surface area contributed by atoms with Crippen LogP contribution in [0, 0.1) is 11.6 Å². The fraction of sp³-hybridized carbons (Fsp3) is 0.538. The van der Waals surface area contributed by atoms with Gasteiger partial charge in [-0.15, -0.1) is 0 Å². The highest BCUT2D eigenvalue weighted by atomic mass is 32.2. The Kier molecular flexibility index (Phi) is 5.26. The number of hydrogen-bond donors (Lipinski definition) is 1. The van der Waals surface area contributed by atoms with Gasteiger partial charge in [0.15, 0.2) is 0 Å². The Balaban J connectivity index is 2.19. The highest BCUT2D eigenvalue weighted by Gasteiger charge is 2.29. The summed E-state index contributed by atoms with van der Waals surface area (Å²) in [6, 6.07) is 2.52. The van der Waals surface area contributed by atoms with E-state index in [1.54, 1.807) is 0 Å². The fourth-order valence-electron chi connectivity index (χ4n) is 2.42. The number of halogens is 2. The molecule has 0 bridgehead atoms. The SMILES string of the molecule is NCCN1CCCN(S(=O)(=O)c2ccc(F)cc2F)CC1. The molecular weight excluding hydrogens is 300 g/mol. The summed E-state index contributed by atoms with van der Waals surface area (Å²) in [6.07, 6.45) is 0.655. The van der Waals surface area contributed by atoms with Gasteiger partial charge in [0.25, 0.3) is 0 Å². The van der Waals surface area contributed by atoms with Crippen LogP contribution in [0.2, 0.25) is 0 Å². The Morgan fingerprint density at radius 3 is 2.57 bits per heavy atom. The molecule has 8 heteroatoms. The third-order valence-electron chi connectivity index (χ3n) is 3.50. The van der Waals surface area contributed by atoms with Gasteiger partial charge in [0.2, 0.25) is 10.0 Å². The lowest BCUT2D eigenvalue weighted by molar-refractivity contribution is 0.294. The van der Waals surface area contributed by atoms with Crippen LogP contribution in [-0.2, 0) is 10.0 Å². The summed E-state index contributed by atoms with van der Waals surface area (Å²) in [7, 11) is -3.94. The smallest absolute Gasteiger partial charge is 0.246 e. The number of sulfonamides is 1. The molecule has 0 spiro atoms. The van der Waals surface area contributed by atoms with Crippen molar-refractivity contribution in [2.75, 3.05) is 39.3 Å². The first kappa shape index (κ1) is 16.3. The maximum Gasteiger partial charge on any atom is 0.246 e. The second-order valence-electron chi connectivity index (χ2n) is 4.96. The van der Waals surface area contributed by atoms with Crippen LogP contribution in [0.15, 0.2) is 23.1 Å². The number of hydrogen-bond acceptors (Lipinski definition) is 4. The third-order valence-corrected chi connectivity index (χ3v) is 5.44. The minimum atomic E-state index is -3.94. The first-order valence-corrected chi connectivity index (χ1v) is 8.27. The summed E-state index contributed by atoms with van der Waals surface area (Å²) >= 11 is 0. The molecule has 1 saturated heterocycles. The van der Waals surface area contributed by atoms with E-state index in [2.05, 4.69) is 4.90 Å². The zero-order valence-electron chi connectivity index (χ0n) is 11.6. The largest absolute Gasteiger partial charge is 0.329 e. The average Bonchev–Trinajstić information content (AvgIpc) is 2.65. The van der Waals surface area contributed by atoms with E-state index in [-0.39, 0.29) is 6.54 Å². The second-order valence-corrected chi connectivity index (χ2v) is 6.87. The lowest BCUT2D eigenvalue weighted by atomic mass is 10.3. The van der Waals surface area contributed by atoms with Crippen molar-refractivity contribution < 1.29 is 17.2 Å². The molecule has 2 N–H and O–H groups in total. The summed E-state index contributed by atoms with van der Waals surface area (Å²) < 4.78 is 52.8. The normalized spacial score (nSPS) is 18.6. The molecule has 0 aromatic heterocycles. The number of nitrogens with zero attached hydrogens (tertiary/aromatic N) is 2. The predicted octanol–water partition coefficient (Wildman–Crippen LogP) is 0.620. The first-order chi connectivity index (χ1) is 9.95. The van der Waals surface area contributed by atoms with Crippen LogP contribution in [0.5, 0.6) is 0 Å². The first-order valence-electron chi connectivity index (χ1n) is 6.83. The molecular formula is C13H19F2N3O2S. The zero-order chi connectivity index (χ0) is 15.5. The molecule has 0 saturated carbocycles. The summed E-state index contributed by atoms with van der Waals surface area (Å²) in [5.41, 5.74) is 5.50. The minimum absolute atomic E-state index is 0.277. The molecule has 5 nitrogen and oxygen atoms in total. The lowest BCUT2D eigenvalue weighted by Gasteiger charge is -2.21. The van der Waals surface area contributed by atoms with Crippen LogP contribution >= 0.6 is 0 Å². The van der Waals surface area contributed by atoms with Gasteiger partial charge < -0.3 is 10.6 Å². The molecule has 0 aliphatic carbocycles. The average molecular weight is 319 g/mol. The molecule has 118 valence electrons. The minimum Gasteiger partial charge on any atom is -0.329 e. The quantitative estimate of drug-likeness (QED) is 0.883. The number of benzene rings is 1. The van der Waals surface area contributed by atoms with Crippen LogP contribution in [0.1, 0.15) is 6.42 Å². The lowest BCUT2D eigenvalue weighted by Crippen LogP contribution is -2.36. The van der Waals surface area contributed by atoms with E-state index in [0.717, 1.165) is 18.7 Å². The van der Waals surface area contributed by atoms with Crippen molar-refractivity contribution in [2.24, 2.45) is 5.73 Å². The van der Waals surface area contributed by atoms with Crippen molar-refractivity contribution in [3.8, 4) is 0 Å². The molecule has 0 radical (unpaired) electrons. The van der Waals surface area contributed by atoms with Gasteiger partial charge >= 0.3 is 0 Å². The third kappa shape index (κ3) is 3.76. The van der Waals surface area contributed by atoms with E-state index in [1.165, 1.54) is 4.31 Å². The van der Waals surface area contributed by atoms with Crippen LogP contribution < -0.4 is 5.73 Å². The molecule has 21 heavy (non-hydrogen) atoms. The standard InChI is InChI=1S/C13H19F2N3O2S/c14-11-2-3-13(12(15)10-11)21(19,20)18-6-1-5-17(7-4-16)8-9-18/h2-3,10H,1,4-9,16H2. The van der Waals surface area contributed by atoms with Gasteiger partial charge in [-0.1, -0.05) is 0 Å². The molecule has 2 rings (SSSR count). The Morgan fingerprint density at radius 2 is 1.90 bits per heavy atom. The van der Waals surface area contributed by atoms with Crippen LogP contribution in [-0.4, -0.2) is 56.9 Å².